The number of anilines is 1. The minimum Gasteiger partial charge on any atom is -0.370 e. The lowest BCUT2D eigenvalue weighted by Crippen LogP contribution is -2.31. The topological polar surface area (TPSA) is 32.5 Å². The van der Waals surface area contributed by atoms with Crippen LogP contribution in [-0.2, 0) is 12.6 Å². The first-order valence-electron chi connectivity index (χ1n) is 7.14. The van der Waals surface area contributed by atoms with Crippen LogP contribution in [0.25, 0.3) is 0 Å². The van der Waals surface area contributed by atoms with E-state index in [0.29, 0.717) is 11.7 Å². The molecular weight excluding hydrogens is 279 g/mol. The Bertz CT molecular complexity index is 486. The van der Waals surface area contributed by atoms with E-state index in [0.717, 1.165) is 19.5 Å². The van der Waals surface area contributed by atoms with Crippen molar-refractivity contribution in [1.29, 1.82) is 0 Å². The van der Waals surface area contributed by atoms with Gasteiger partial charge in [-0.25, -0.2) is 0 Å². The molecule has 1 aromatic rings. The molecule has 6 heteroatoms. The minimum absolute atomic E-state index is 0.217. The Kier molecular flexibility index (Phi) is 4.78. The monoisotopic (exact) mass is 301 g/mol. The fourth-order valence-electron chi connectivity index (χ4n) is 2.80. The Morgan fingerprint density at radius 1 is 1.33 bits per heavy atom. The second-order valence-corrected chi connectivity index (χ2v) is 5.73. The van der Waals surface area contributed by atoms with Gasteiger partial charge in [0, 0.05) is 24.8 Å². The zero-order chi connectivity index (χ0) is 15.6. The van der Waals surface area contributed by atoms with E-state index in [4.69, 9.17) is 5.73 Å². The summed E-state index contributed by atoms with van der Waals surface area (Å²) in [5, 5.41) is 0. The van der Waals surface area contributed by atoms with Gasteiger partial charge in [-0.1, -0.05) is 6.07 Å². The number of hydrogen-bond acceptors (Lipinski definition) is 3. The Morgan fingerprint density at radius 2 is 2.05 bits per heavy atom. The first-order chi connectivity index (χ1) is 9.82. The highest BCUT2D eigenvalue weighted by molar-refractivity contribution is 5.53. The second kappa shape index (κ2) is 6.23. The van der Waals surface area contributed by atoms with Gasteiger partial charge >= 0.3 is 6.18 Å². The summed E-state index contributed by atoms with van der Waals surface area (Å²) in [6.45, 7) is 1.77. The van der Waals surface area contributed by atoms with Crippen molar-refractivity contribution in [2.75, 3.05) is 38.6 Å². The molecule has 0 radical (unpaired) electrons. The Balaban J connectivity index is 2.26. The molecule has 2 N–H and O–H groups in total. The van der Waals surface area contributed by atoms with Crippen molar-refractivity contribution in [3.63, 3.8) is 0 Å². The molecule has 0 bridgehead atoms. The second-order valence-electron chi connectivity index (χ2n) is 5.73. The highest BCUT2D eigenvalue weighted by Gasteiger charge is 2.34. The third kappa shape index (κ3) is 3.68. The third-order valence-electron chi connectivity index (χ3n) is 4.07. The fourth-order valence-corrected chi connectivity index (χ4v) is 2.80. The molecule has 1 heterocycles. The van der Waals surface area contributed by atoms with Crippen molar-refractivity contribution in [2.24, 2.45) is 5.73 Å². The average Bonchev–Trinajstić information content (AvgIpc) is 2.88. The number of nitrogens with two attached hydrogens (primary N) is 1. The van der Waals surface area contributed by atoms with Crippen molar-refractivity contribution in [2.45, 2.75) is 25.1 Å². The molecule has 118 valence electrons. The Labute approximate surface area is 123 Å². The summed E-state index contributed by atoms with van der Waals surface area (Å²) in [6.07, 6.45) is -3.12. The van der Waals surface area contributed by atoms with Gasteiger partial charge in [0.2, 0.25) is 0 Å². The van der Waals surface area contributed by atoms with Gasteiger partial charge in [-0.2, -0.15) is 13.2 Å². The average molecular weight is 301 g/mol. The molecule has 0 saturated carbocycles. The van der Waals surface area contributed by atoms with Crippen LogP contribution in [0.2, 0.25) is 0 Å². The molecule has 0 amide bonds. The van der Waals surface area contributed by atoms with Crippen molar-refractivity contribution in [3.8, 4) is 0 Å². The number of benzene rings is 1. The first-order valence-corrected chi connectivity index (χ1v) is 7.14. The summed E-state index contributed by atoms with van der Waals surface area (Å²) in [6, 6.07) is 5.00. The van der Waals surface area contributed by atoms with Crippen molar-refractivity contribution in [1.82, 2.24) is 4.90 Å². The van der Waals surface area contributed by atoms with E-state index in [1.165, 1.54) is 6.07 Å². The first kappa shape index (κ1) is 16.1. The van der Waals surface area contributed by atoms with Gasteiger partial charge in [-0.15, -0.1) is 0 Å². The molecule has 1 saturated heterocycles. The van der Waals surface area contributed by atoms with Gasteiger partial charge in [0.15, 0.2) is 0 Å². The predicted octanol–water partition coefficient (Wildman–Crippen LogP) is 2.35. The zero-order valence-electron chi connectivity index (χ0n) is 12.5. The maximum atomic E-state index is 13.2. The molecule has 0 aliphatic carbocycles. The summed E-state index contributed by atoms with van der Waals surface area (Å²) in [7, 11) is 4.00. The SMILES string of the molecule is CN(C)C1CCN(c2ccc(CCN)c(C(F)(F)F)c2)C1. The largest absolute Gasteiger partial charge is 0.416 e. The zero-order valence-corrected chi connectivity index (χ0v) is 12.5. The molecule has 3 nitrogen and oxygen atoms in total. The molecule has 0 aromatic heterocycles. The molecule has 21 heavy (non-hydrogen) atoms. The van der Waals surface area contributed by atoms with E-state index in [2.05, 4.69) is 4.90 Å². The molecule has 1 atom stereocenters. The van der Waals surface area contributed by atoms with E-state index < -0.39 is 11.7 Å². The van der Waals surface area contributed by atoms with Crippen LogP contribution < -0.4 is 10.6 Å². The molecule has 2 rings (SSSR count). The van der Waals surface area contributed by atoms with Gasteiger partial charge in [0.1, 0.15) is 0 Å². The quantitative estimate of drug-likeness (QED) is 0.926. The smallest absolute Gasteiger partial charge is 0.370 e. The van der Waals surface area contributed by atoms with Gasteiger partial charge < -0.3 is 15.5 Å². The van der Waals surface area contributed by atoms with Crippen LogP contribution in [0, 0.1) is 0 Å². The van der Waals surface area contributed by atoms with Crippen LogP contribution in [0.4, 0.5) is 18.9 Å². The third-order valence-corrected chi connectivity index (χ3v) is 4.07. The number of halogens is 3. The van der Waals surface area contributed by atoms with Crippen molar-refractivity contribution >= 4 is 5.69 Å². The van der Waals surface area contributed by atoms with E-state index in [1.807, 2.05) is 19.0 Å². The molecular formula is C15H22F3N3. The number of nitrogens with zero attached hydrogens (tertiary/aromatic N) is 2. The molecule has 1 unspecified atom stereocenters. The molecule has 1 aliphatic rings. The maximum Gasteiger partial charge on any atom is 0.416 e. The van der Waals surface area contributed by atoms with Crippen LogP contribution in [0.3, 0.4) is 0 Å². The van der Waals surface area contributed by atoms with Crippen LogP contribution in [0.15, 0.2) is 18.2 Å². The summed E-state index contributed by atoms with van der Waals surface area (Å²) >= 11 is 0. The maximum absolute atomic E-state index is 13.2. The van der Waals surface area contributed by atoms with Gasteiger partial charge in [-0.3, -0.25) is 0 Å². The number of rotatable bonds is 4. The van der Waals surface area contributed by atoms with Crippen molar-refractivity contribution in [3.05, 3.63) is 29.3 Å². The number of alkyl halides is 3. The lowest BCUT2D eigenvalue weighted by Gasteiger charge is -2.23. The molecule has 0 spiro atoms. The molecule has 1 fully saturated rings. The molecule has 1 aliphatic heterocycles. The lowest BCUT2D eigenvalue weighted by atomic mass is 10.0. The minimum atomic E-state index is -4.33. The summed E-state index contributed by atoms with van der Waals surface area (Å²) in [5.74, 6) is 0. The van der Waals surface area contributed by atoms with Gasteiger partial charge in [-0.05, 0) is 51.2 Å². The van der Waals surface area contributed by atoms with Crippen LogP contribution in [0.5, 0.6) is 0 Å². The summed E-state index contributed by atoms with van der Waals surface area (Å²) in [5.41, 5.74) is 5.77. The van der Waals surface area contributed by atoms with Crippen LogP contribution in [-0.4, -0.2) is 44.7 Å². The fraction of sp³-hybridized carbons (Fsp3) is 0.600. The molecule has 1 aromatic carbocycles. The van der Waals surface area contributed by atoms with Gasteiger partial charge in [0.05, 0.1) is 5.56 Å². The predicted molar refractivity (Wildman–Crippen MR) is 78.5 cm³/mol. The number of likely N-dealkylation sites (N-methyl/N-ethyl adjacent to an activating group) is 1. The van der Waals surface area contributed by atoms with E-state index in [1.54, 1.807) is 12.1 Å². The number of hydrogen-bond donors (Lipinski definition) is 1. The highest BCUT2D eigenvalue weighted by Crippen LogP contribution is 2.35. The highest BCUT2D eigenvalue weighted by atomic mass is 19.4. The normalized spacial score (nSPS) is 19.6. The summed E-state index contributed by atoms with van der Waals surface area (Å²) < 4.78 is 39.5. The van der Waals surface area contributed by atoms with E-state index in [-0.39, 0.29) is 18.5 Å². The van der Waals surface area contributed by atoms with E-state index in [9.17, 15) is 13.2 Å². The summed E-state index contributed by atoms with van der Waals surface area (Å²) in [4.78, 5) is 4.14. The van der Waals surface area contributed by atoms with Crippen molar-refractivity contribution < 1.29 is 13.2 Å². The van der Waals surface area contributed by atoms with Gasteiger partial charge in [0.25, 0.3) is 0 Å². The Morgan fingerprint density at radius 3 is 2.57 bits per heavy atom. The Hall–Kier alpha value is -1.27. The standard InChI is InChI=1S/C15H22F3N3/c1-20(2)13-6-8-21(10-13)12-4-3-11(5-7-19)14(9-12)15(16,17)18/h3-4,9,13H,5-8,10,19H2,1-2H3. The lowest BCUT2D eigenvalue weighted by molar-refractivity contribution is -0.138. The van der Waals surface area contributed by atoms with Crippen LogP contribution in [0.1, 0.15) is 17.5 Å². The van der Waals surface area contributed by atoms with Crippen LogP contribution >= 0.6 is 0 Å². The van der Waals surface area contributed by atoms with E-state index >= 15 is 0 Å².